The first-order chi connectivity index (χ1) is 9.76. The van der Waals surface area contributed by atoms with Crippen molar-refractivity contribution in [1.82, 2.24) is 4.72 Å². The molecule has 0 heterocycles. The highest BCUT2D eigenvalue weighted by molar-refractivity contribution is 7.89. The molecular weight excluding hydrogens is 328 g/mol. The molecule has 0 fully saturated rings. The Bertz CT molecular complexity index is 568. The second-order valence-corrected chi connectivity index (χ2v) is 6.44. The highest BCUT2D eigenvalue weighted by Gasteiger charge is 2.18. The van der Waals surface area contributed by atoms with Crippen molar-refractivity contribution in [3.63, 3.8) is 0 Å². The lowest BCUT2D eigenvalue weighted by Crippen LogP contribution is -2.32. The summed E-state index contributed by atoms with van der Waals surface area (Å²) in [5, 5.41) is 9.26. The van der Waals surface area contributed by atoms with Crippen LogP contribution in [-0.4, -0.2) is 32.8 Å². The third-order valence-electron chi connectivity index (χ3n) is 2.56. The molecule has 0 radical (unpaired) electrons. The lowest BCUT2D eigenvalue weighted by atomic mass is 10.2. The van der Waals surface area contributed by atoms with E-state index < -0.39 is 22.7 Å². The van der Waals surface area contributed by atoms with E-state index in [0.29, 0.717) is 12.8 Å². The van der Waals surface area contributed by atoms with Crippen molar-refractivity contribution in [2.45, 2.75) is 37.4 Å². The van der Waals surface area contributed by atoms with Crippen molar-refractivity contribution in [3.8, 4) is 5.75 Å². The largest absolute Gasteiger partial charge is 0.433 e. The molecule has 5 nitrogen and oxygen atoms in total. The molecular formula is C12H16ClF2NO4S. The number of aliphatic hydroxyl groups excluding tert-OH is 1. The van der Waals surface area contributed by atoms with Crippen LogP contribution >= 0.6 is 11.6 Å². The molecule has 0 aromatic heterocycles. The van der Waals surface area contributed by atoms with Gasteiger partial charge >= 0.3 is 6.61 Å². The molecule has 0 saturated heterocycles. The van der Waals surface area contributed by atoms with E-state index in [2.05, 4.69) is 9.46 Å². The summed E-state index contributed by atoms with van der Waals surface area (Å²) in [4.78, 5) is -0.196. The molecule has 9 heteroatoms. The van der Waals surface area contributed by atoms with E-state index in [4.69, 9.17) is 11.6 Å². The maximum Gasteiger partial charge on any atom is 0.387 e. The van der Waals surface area contributed by atoms with Crippen molar-refractivity contribution < 1.29 is 27.0 Å². The van der Waals surface area contributed by atoms with Crippen molar-refractivity contribution >= 4 is 21.6 Å². The first-order valence-electron chi connectivity index (χ1n) is 6.18. The zero-order valence-corrected chi connectivity index (χ0v) is 12.8. The molecule has 1 atom stereocenters. The van der Waals surface area contributed by atoms with Gasteiger partial charge in [-0.1, -0.05) is 24.9 Å². The molecule has 1 rings (SSSR count). The average molecular weight is 344 g/mol. The summed E-state index contributed by atoms with van der Waals surface area (Å²) >= 11 is 5.69. The quantitative estimate of drug-likeness (QED) is 0.760. The second-order valence-electron chi connectivity index (χ2n) is 4.27. The molecule has 0 amide bonds. The summed E-state index contributed by atoms with van der Waals surface area (Å²) < 4.78 is 54.4. The van der Waals surface area contributed by atoms with E-state index >= 15 is 0 Å². The van der Waals surface area contributed by atoms with E-state index in [1.165, 1.54) is 0 Å². The number of sulfonamides is 1. The zero-order valence-electron chi connectivity index (χ0n) is 11.2. The molecule has 120 valence electrons. The number of benzene rings is 1. The van der Waals surface area contributed by atoms with Crippen LogP contribution in [0, 0.1) is 0 Å². The van der Waals surface area contributed by atoms with E-state index in [1.54, 1.807) is 0 Å². The van der Waals surface area contributed by atoms with Gasteiger partial charge < -0.3 is 9.84 Å². The second kappa shape index (κ2) is 7.88. The number of nitrogens with one attached hydrogen (secondary N) is 1. The van der Waals surface area contributed by atoms with Gasteiger partial charge in [0.15, 0.2) is 0 Å². The van der Waals surface area contributed by atoms with Crippen molar-refractivity contribution in [3.05, 3.63) is 23.2 Å². The normalized spacial score (nSPS) is 13.4. The van der Waals surface area contributed by atoms with Gasteiger partial charge in [-0.2, -0.15) is 8.78 Å². The zero-order chi connectivity index (χ0) is 16.0. The van der Waals surface area contributed by atoms with Crippen LogP contribution in [0.2, 0.25) is 5.02 Å². The van der Waals surface area contributed by atoms with E-state index in [-0.39, 0.29) is 22.2 Å². The van der Waals surface area contributed by atoms with Crippen molar-refractivity contribution in [2.75, 3.05) is 6.54 Å². The molecule has 0 aliphatic carbocycles. The standard InChI is InChI=1S/C12H16ClF2NO4S/c1-2-3-8(17)7-16-21(18,19)9-4-5-11(10(13)6-9)20-12(14)15/h4-6,8,12,16-17H,2-3,7H2,1H3/t8-/m1/s1. The molecule has 1 aromatic rings. The Morgan fingerprint density at radius 1 is 1.43 bits per heavy atom. The number of hydrogen-bond acceptors (Lipinski definition) is 4. The highest BCUT2D eigenvalue weighted by Crippen LogP contribution is 2.28. The highest BCUT2D eigenvalue weighted by atomic mass is 35.5. The van der Waals surface area contributed by atoms with Gasteiger partial charge in [-0.05, 0) is 24.6 Å². The molecule has 2 N–H and O–H groups in total. The van der Waals surface area contributed by atoms with Crippen LogP contribution in [0.25, 0.3) is 0 Å². The Labute approximate surface area is 126 Å². The first kappa shape index (κ1) is 18.1. The third-order valence-corrected chi connectivity index (χ3v) is 4.28. The van der Waals surface area contributed by atoms with Crippen LogP contribution in [0.3, 0.4) is 0 Å². The minimum atomic E-state index is -3.88. The number of ether oxygens (including phenoxy) is 1. The minimum Gasteiger partial charge on any atom is -0.433 e. The van der Waals surface area contributed by atoms with Crippen molar-refractivity contribution in [1.29, 1.82) is 0 Å². The Morgan fingerprint density at radius 3 is 2.62 bits per heavy atom. The minimum absolute atomic E-state index is 0.136. The SMILES string of the molecule is CCC[C@@H](O)CNS(=O)(=O)c1ccc(OC(F)F)c(Cl)c1. The van der Waals surface area contributed by atoms with Gasteiger partial charge in [0.25, 0.3) is 0 Å². The van der Waals surface area contributed by atoms with Crippen molar-refractivity contribution in [2.24, 2.45) is 0 Å². The van der Waals surface area contributed by atoms with E-state index in [0.717, 1.165) is 18.2 Å². The lowest BCUT2D eigenvalue weighted by Gasteiger charge is -2.12. The van der Waals surface area contributed by atoms with E-state index in [1.807, 2.05) is 6.92 Å². The summed E-state index contributed by atoms with van der Waals surface area (Å²) in [6, 6.07) is 3.15. The molecule has 0 aliphatic heterocycles. The molecule has 1 aromatic carbocycles. The molecule has 0 unspecified atom stereocenters. The first-order valence-corrected chi connectivity index (χ1v) is 8.04. The molecule has 0 spiro atoms. The van der Waals surface area contributed by atoms with Crippen LogP contribution in [0.1, 0.15) is 19.8 Å². The van der Waals surface area contributed by atoms with Gasteiger partial charge in [-0.3, -0.25) is 0 Å². The fraction of sp³-hybridized carbons (Fsp3) is 0.500. The van der Waals surface area contributed by atoms with Gasteiger partial charge in [0, 0.05) is 6.54 Å². The number of halogens is 3. The maximum atomic E-state index is 12.1. The summed E-state index contributed by atoms with van der Waals surface area (Å²) in [5.41, 5.74) is 0. The fourth-order valence-corrected chi connectivity index (χ4v) is 2.95. The predicted octanol–water partition coefficient (Wildman–Crippen LogP) is 2.38. The Hall–Kier alpha value is -0.960. The number of hydrogen-bond donors (Lipinski definition) is 2. The summed E-state index contributed by atoms with van der Waals surface area (Å²) in [6.07, 6.45) is 0.389. The van der Waals surface area contributed by atoms with Crippen LogP contribution < -0.4 is 9.46 Å². The van der Waals surface area contributed by atoms with Crippen LogP contribution in [-0.2, 0) is 10.0 Å². The summed E-state index contributed by atoms with van der Waals surface area (Å²) in [6.45, 7) is -1.32. The number of rotatable bonds is 8. The number of alkyl halides is 2. The molecule has 0 saturated carbocycles. The molecule has 0 bridgehead atoms. The van der Waals surface area contributed by atoms with E-state index in [9.17, 15) is 22.3 Å². The molecule has 0 aliphatic rings. The Morgan fingerprint density at radius 2 is 2.10 bits per heavy atom. The molecule has 21 heavy (non-hydrogen) atoms. The third kappa shape index (κ3) is 5.74. The smallest absolute Gasteiger partial charge is 0.387 e. The van der Waals surface area contributed by atoms with Gasteiger partial charge in [0.2, 0.25) is 10.0 Å². The monoisotopic (exact) mass is 343 g/mol. The van der Waals surface area contributed by atoms with Gasteiger partial charge in [-0.25, -0.2) is 13.1 Å². The summed E-state index contributed by atoms with van der Waals surface area (Å²) in [5.74, 6) is -0.309. The lowest BCUT2D eigenvalue weighted by molar-refractivity contribution is -0.0498. The Balaban J connectivity index is 2.82. The van der Waals surface area contributed by atoms with Crippen LogP contribution in [0.5, 0.6) is 5.75 Å². The van der Waals surface area contributed by atoms with Gasteiger partial charge in [0.05, 0.1) is 16.0 Å². The van der Waals surface area contributed by atoms with Gasteiger partial charge in [-0.15, -0.1) is 0 Å². The topological polar surface area (TPSA) is 75.6 Å². The average Bonchev–Trinajstić information content (AvgIpc) is 2.39. The number of aliphatic hydroxyl groups is 1. The predicted molar refractivity (Wildman–Crippen MR) is 74.2 cm³/mol. The summed E-state index contributed by atoms with van der Waals surface area (Å²) in [7, 11) is -3.88. The van der Waals surface area contributed by atoms with Crippen LogP contribution in [0.15, 0.2) is 23.1 Å². The fourth-order valence-electron chi connectivity index (χ4n) is 1.56. The maximum absolute atomic E-state index is 12.1. The Kier molecular flexibility index (Phi) is 6.79. The van der Waals surface area contributed by atoms with Crippen LogP contribution in [0.4, 0.5) is 8.78 Å². The van der Waals surface area contributed by atoms with Gasteiger partial charge in [0.1, 0.15) is 5.75 Å².